The number of rotatable bonds is 13. The largest absolute Gasteiger partial charge is 0.478 e. The van der Waals surface area contributed by atoms with E-state index in [1.807, 2.05) is 171 Å². The van der Waals surface area contributed by atoms with Gasteiger partial charge in [-0.05, 0) is 232 Å². The lowest BCUT2D eigenvalue weighted by Crippen LogP contribution is -2.16. The number of carbonyl (C=O) groups excluding carboxylic acids is 5. The van der Waals surface area contributed by atoms with Crippen molar-refractivity contribution in [3.63, 3.8) is 0 Å². The third-order valence-corrected chi connectivity index (χ3v) is 25.4. The highest BCUT2D eigenvalue weighted by Gasteiger charge is 2.31. The third-order valence-electron chi connectivity index (χ3n) is 21.2. The van der Waals surface area contributed by atoms with Crippen molar-refractivity contribution < 1.29 is 52.8 Å². The number of aromatic carboxylic acids is 1. The summed E-state index contributed by atoms with van der Waals surface area (Å²) in [6.45, 7) is 22.3. The number of nitrogens with two attached hydrogens (primary N) is 2. The lowest BCUT2D eigenvalue weighted by Gasteiger charge is -2.12. The summed E-state index contributed by atoms with van der Waals surface area (Å²) in [5.41, 5.74) is 36.6. The predicted octanol–water partition coefficient (Wildman–Crippen LogP) is 22.2. The molecule has 6 aromatic carbocycles. The van der Waals surface area contributed by atoms with Gasteiger partial charge in [0.05, 0.1) is 130 Å². The molecule has 1 fully saturated rings. The molecule has 758 valence electrons. The molecule has 0 aliphatic carbocycles. The van der Waals surface area contributed by atoms with E-state index < -0.39 is 40.0 Å². The van der Waals surface area contributed by atoms with E-state index in [0.29, 0.717) is 76.2 Å². The van der Waals surface area contributed by atoms with Gasteiger partial charge in [0.2, 0.25) is 11.7 Å². The number of pyridine rings is 6. The normalized spacial score (nSPS) is 12.3. The number of terminal acetylenes is 2. The number of halogens is 5. The second kappa shape index (κ2) is 55.4. The Labute approximate surface area is 908 Å². The van der Waals surface area contributed by atoms with Gasteiger partial charge in [0, 0.05) is 119 Å². The first kappa shape index (κ1) is 114. The number of hydrogen-bond acceptors (Lipinski definition) is 25. The molecule has 9 aromatic heterocycles. The number of ketones is 1. The van der Waals surface area contributed by atoms with Crippen molar-refractivity contribution in [1.29, 1.82) is 0 Å². The maximum Gasteiger partial charge on any atom is 0.358 e. The molecule has 0 saturated carbocycles. The molecule has 30 nitrogen and oxygen atoms in total. The number of nitrogens with zero attached hydrogens (tertiary/aromatic N) is 16. The molecule has 0 unspecified atom stereocenters. The van der Waals surface area contributed by atoms with Gasteiger partial charge in [0.15, 0.2) is 17.1 Å². The molecular formula is C112H106Br5N19O11Si2. The van der Waals surface area contributed by atoms with Gasteiger partial charge in [-0.1, -0.05) is 159 Å². The number of carboxylic acid groups (broad SMARTS) is 1. The fourth-order valence-electron chi connectivity index (χ4n) is 14.3. The molecule has 1 saturated heterocycles. The zero-order valence-corrected chi connectivity index (χ0v) is 92.1. The number of imidazole rings is 3. The number of nitrogen functional groups attached to an aromatic ring is 2. The number of benzodiazepines with no additional fused rings is 1. The number of amides is 1. The van der Waals surface area contributed by atoms with Gasteiger partial charge in [0.25, 0.3) is 0 Å². The molecule has 6 N–H and O–H groups in total. The molecule has 37 heteroatoms. The number of carbonyl (C=O) groups is 6. The summed E-state index contributed by atoms with van der Waals surface area (Å²) < 4.78 is 30.3. The van der Waals surface area contributed by atoms with Gasteiger partial charge >= 0.3 is 23.9 Å². The highest BCUT2D eigenvalue weighted by molar-refractivity contribution is 9.11. The molecular weight excluding hydrogens is 2240 g/mol. The molecule has 149 heavy (non-hydrogen) atoms. The van der Waals surface area contributed by atoms with Crippen LogP contribution >= 0.6 is 79.6 Å². The van der Waals surface area contributed by atoms with Crippen LogP contribution in [0, 0.1) is 35.8 Å². The Kier molecular flexibility index (Phi) is 42.4. The van der Waals surface area contributed by atoms with Gasteiger partial charge in [0.1, 0.15) is 52.0 Å². The van der Waals surface area contributed by atoms with E-state index in [0.717, 1.165) is 133 Å². The molecule has 1 amide bonds. The Balaban J connectivity index is 0.000000167. The van der Waals surface area contributed by atoms with E-state index in [1.54, 1.807) is 125 Å². The van der Waals surface area contributed by atoms with Crippen molar-refractivity contribution in [1.82, 2.24) is 58.6 Å². The minimum Gasteiger partial charge on any atom is -0.478 e. The zero-order valence-electron chi connectivity index (χ0n) is 82.1. The molecule has 0 radical (unpaired) electrons. The number of benzene rings is 6. The summed E-state index contributed by atoms with van der Waals surface area (Å²) in [5.74, 6) is 3.37. The zero-order chi connectivity index (χ0) is 106. The maximum absolute atomic E-state index is 12.4. The van der Waals surface area contributed by atoms with Gasteiger partial charge in [-0.3, -0.25) is 68.2 Å². The molecule has 5 aliphatic heterocycles. The Hall–Kier alpha value is -15.4. The molecule has 0 atom stereocenters. The first-order valence-electron chi connectivity index (χ1n) is 46.4. The summed E-state index contributed by atoms with van der Waals surface area (Å²) in [6, 6.07) is 67.0. The highest BCUT2D eigenvalue weighted by atomic mass is 79.9. The smallest absolute Gasteiger partial charge is 0.358 e. The number of anilines is 3. The molecule has 15 aromatic rings. The topological polar surface area (TPSA) is 404 Å². The standard InChI is InChI=1S/C24H24N4O2Si.C21H16N4O2.C19H15BrN4O2.C14H10BrN3O.C12H9BrN2O.C7H6BrNO2.C5H4BrN.C5H10Si.C4H8O.CH4/c1-5-30-24(29)23-21-15-26-22(19-8-6-7-12-25-19)18-14-17(11-13-31(2,3)4)9-10-20(18)28(21)16-27-23;1-3-14-8-9-17-15(11-14)19(16-7-5-6-10-22-16)23-12-18-20(21(26)27-4-2)24-13-25(17)18;1-2-26-19(25)18-16-10-22-17(14-5-3-4-8-21-14)13-9-12(20)6-7-15(13)24(16)11-23-18;15-9-4-5-11-10(7-9)14(17-8-13(19)18-11)12-3-1-2-6-16-12;13-8-4-5-10(14)9(7-8)12(16)11-3-1-2-6-15-11;8-4-1-2-6(9)5(3-4)7(10)11;6-5-3-1-2-4-7-5;1-5-6(2,3)4;1-2-4-5-3-1;/h6-10,12,14,16H,5,15H2,1-4H3;1,5-11,13H,4,12H2,2H3;3-9,11H,2,10H2,1H3;1-7H,8H2,(H,18,19);1-7H,14H2;1-3H,9H2,(H,10,11);1-4H;1H,2-4H3;1-4H2;1H4. The minimum absolute atomic E-state index is 0. The SMILES string of the molecule is Brc1ccccn1.C.C#C[Si](C)(C)C.C#Cc1ccc2c(c1)C(c1ccccn1)=NCc1c(C(=O)OCC)ncn1-2.C1CCOC1.CCOC(=O)c1ncn2c1CN=C(c1ccccn1)c1cc(Br)ccc1-2.CCOC(=O)c1ncn2c1CN=C(c1ccccn1)c1cc(C#C[Si](C)(C)C)ccc1-2.Nc1ccc(Br)cc1C(=O)O.Nc1ccc(Br)cc1C(=O)c1ccccn1.O=C1CN=C(c2ccccn2)c2cc(Br)ccc2N1. The average Bonchev–Trinajstić information content (AvgIpc) is 1.62. The van der Waals surface area contributed by atoms with E-state index in [2.05, 4.69) is 203 Å². The van der Waals surface area contributed by atoms with Crippen LogP contribution in [0.5, 0.6) is 0 Å². The minimum atomic E-state index is -1.51. The number of aromatic nitrogens is 12. The van der Waals surface area contributed by atoms with Crippen LogP contribution < -0.4 is 16.8 Å². The van der Waals surface area contributed by atoms with E-state index in [-0.39, 0.29) is 55.8 Å². The molecule has 0 spiro atoms. The summed E-state index contributed by atoms with van der Waals surface area (Å²) >= 11 is 16.6. The average molecular weight is 2350 g/mol. The van der Waals surface area contributed by atoms with Crippen molar-refractivity contribution in [3.05, 3.63) is 404 Å². The van der Waals surface area contributed by atoms with Crippen LogP contribution in [-0.2, 0) is 43.4 Å². The fourth-order valence-corrected chi connectivity index (χ4v) is 16.5. The van der Waals surface area contributed by atoms with Gasteiger partial charge in [-0.15, -0.1) is 23.9 Å². The summed E-state index contributed by atoms with van der Waals surface area (Å²) in [6.07, 6.45) is 28.4. The van der Waals surface area contributed by atoms with Crippen molar-refractivity contribution in [2.75, 3.05) is 56.4 Å². The van der Waals surface area contributed by atoms with Crippen LogP contribution in [0.1, 0.15) is 172 Å². The monoisotopic (exact) mass is 2340 g/mol. The van der Waals surface area contributed by atoms with Crippen LogP contribution in [0.3, 0.4) is 0 Å². The number of carboxylic acids is 1. The molecule has 14 heterocycles. The highest BCUT2D eigenvalue weighted by Crippen LogP contribution is 2.34. The Morgan fingerprint density at radius 3 is 1.15 bits per heavy atom. The predicted molar refractivity (Wildman–Crippen MR) is 605 cm³/mol. The summed E-state index contributed by atoms with van der Waals surface area (Å²) in [7, 11) is -2.61. The second-order valence-electron chi connectivity index (χ2n) is 34.1. The summed E-state index contributed by atoms with van der Waals surface area (Å²) in [5, 5.41) is 11.4. The van der Waals surface area contributed by atoms with Crippen molar-refractivity contribution in [3.8, 4) is 52.8 Å². The fraction of sp³-hybridized carbons (Fsp3) is 0.188. The summed E-state index contributed by atoms with van der Waals surface area (Å²) in [4.78, 5) is 128. The number of aliphatic imine (C=N–C) groups is 4. The van der Waals surface area contributed by atoms with E-state index in [4.69, 9.17) is 63.3 Å². The number of hydrogen-bond donors (Lipinski definition) is 4. The van der Waals surface area contributed by atoms with Crippen molar-refractivity contribution in [2.45, 2.75) is 100.0 Å². The van der Waals surface area contributed by atoms with Crippen molar-refractivity contribution >= 4 is 171 Å². The lowest BCUT2D eigenvalue weighted by atomic mass is 10.0. The maximum atomic E-state index is 12.4. The number of esters is 3. The van der Waals surface area contributed by atoms with Crippen LogP contribution in [0.15, 0.2) is 317 Å². The number of nitrogens with one attached hydrogen (secondary N) is 1. The Morgan fingerprint density at radius 1 is 0.430 bits per heavy atom. The quantitative estimate of drug-likeness (QED) is 0.0158. The van der Waals surface area contributed by atoms with Crippen LogP contribution in [-0.4, -0.2) is 178 Å². The first-order chi connectivity index (χ1) is 71.3. The Morgan fingerprint density at radius 2 is 0.792 bits per heavy atom. The van der Waals surface area contributed by atoms with E-state index >= 15 is 0 Å². The molecule has 5 aliphatic rings. The number of fused-ring (bicyclic) bond motifs is 10. The first-order valence-corrected chi connectivity index (χ1v) is 57.4. The molecule has 0 bridgehead atoms. The van der Waals surface area contributed by atoms with Crippen molar-refractivity contribution in [2.24, 2.45) is 20.0 Å². The van der Waals surface area contributed by atoms with Gasteiger partial charge in [-0.2, -0.15) is 0 Å². The van der Waals surface area contributed by atoms with Crippen LogP contribution in [0.25, 0.3) is 17.1 Å². The molecule has 20 rings (SSSR count). The lowest BCUT2D eigenvalue weighted by molar-refractivity contribution is -0.114. The second-order valence-corrected chi connectivity index (χ2v) is 48.1. The van der Waals surface area contributed by atoms with E-state index in [1.165, 1.54) is 18.9 Å². The number of ether oxygens (including phenoxy) is 4. The van der Waals surface area contributed by atoms with Crippen LogP contribution in [0.2, 0.25) is 39.3 Å². The third kappa shape index (κ3) is 31.8. The Bertz CT molecular complexity index is 7560. The van der Waals surface area contributed by atoms with Crippen LogP contribution in [0.4, 0.5) is 17.1 Å². The van der Waals surface area contributed by atoms with E-state index in [9.17, 15) is 28.8 Å². The van der Waals surface area contributed by atoms with Gasteiger partial charge in [-0.25, -0.2) is 39.1 Å². The van der Waals surface area contributed by atoms with Gasteiger partial charge < -0.3 is 40.8 Å².